The minimum Gasteiger partial charge on any atom is -0.507 e. The van der Waals surface area contributed by atoms with Crippen LogP contribution < -0.4 is 10.6 Å². The van der Waals surface area contributed by atoms with E-state index < -0.39 is 0 Å². The molecule has 3 N–H and O–H groups in total. The number of fused-ring (bicyclic) bond motifs is 1. The van der Waals surface area contributed by atoms with Crippen molar-refractivity contribution >= 4 is 46.6 Å². The molecule has 0 saturated carbocycles. The molecule has 0 saturated heterocycles. The first kappa shape index (κ1) is 31.6. The van der Waals surface area contributed by atoms with Gasteiger partial charge in [-0.3, -0.25) is 4.40 Å². The molecule has 3 aromatic heterocycles. The van der Waals surface area contributed by atoms with Crippen molar-refractivity contribution in [1.29, 1.82) is 0 Å². The normalized spacial score (nSPS) is 11.6. The molecule has 0 aliphatic carbocycles. The highest BCUT2D eigenvalue weighted by atomic mass is 35.5. The van der Waals surface area contributed by atoms with Crippen molar-refractivity contribution in [3.8, 4) is 22.8 Å². The number of nitrogens with one attached hydrogen (secondary N) is 2. The fourth-order valence-electron chi connectivity index (χ4n) is 4.91. The fourth-order valence-corrected chi connectivity index (χ4v) is 6.35. The van der Waals surface area contributed by atoms with E-state index in [1.807, 2.05) is 45.6 Å². The molecule has 0 bridgehead atoms. The molecule has 0 aliphatic rings. The summed E-state index contributed by atoms with van der Waals surface area (Å²) < 4.78 is 3.65. The minimum atomic E-state index is -0.151. The van der Waals surface area contributed by atoms with Crippen LogP contribution in [0.4, 0.5) is 5.82 Å². The number of thioether (sulfide) groups is 1. The Hall–Kier alpha value is -4.38. The summed E-state index contributed by atoms with van der Waals surface area (Å²) in [5.41, 5.74) is 5.44. The summed E-state index contributed by atoms with van der Waals surface area (Å²) in [6, 6.07) is 27.5. The Bertz CT molecular complexity index is 2050. The van der Waals surface area contributed by atoms with Crippen LogP contribution in [0.1, 0.15) is 30.7 Å². The molecule has 3 aromatic carbocycles. The Morgan fingerprint density at radius 2 is 1.83 bits per heavy atom. The van der Waals surface area contributed by atoms with E-state index in [2.05, 4.69) is 90.8 Å². The van der Waals surface area contributed by atoms with Gasteiger partial charge in [-0.15, -0.1) is 10.2 Å². The largest absolute Gasteiger partial charge is 0.507 e. The maximum atomic E-state index is 10.5. The smallest absolute Gasteiger partial charge is 0.172 e. The third-order valence-corrected chi connectivity index (χ3v) is 10.2. The molecule has 11 heteroatoms. The number of benzene rings is 3. The number of hydrogen-bond acceptors (Lipinski definition) is 8. The molecule has 0 amide bonds. The van der Waals surface area contributed by atoms with Crippen LogP contribution in [0.15, 0.2) is 113 Å². The molecule has 8 nitrogen and oxygen atoms in total. The quantitative estimate of drug-likeness (QED) is 0.126. The van der Waals surface area contributed by atoms with Crippen molar-refractivity contribution in [2.24, 2.45) is 0 Å². The monoisotopic (exact) mass is 667 g/mol. The fraction of sp³-hybridized carbons (Fsp3) is 0.171. The van der Waals surface area contributed by atoms with Crippen LogP contribution in [0, 0.1) is 6.92 Å². The van der Waals surface area contributed by atoms with Crippen LogP contribution in [0.25, 0.3) is 22.7 Å². The summed E-state index contributed by atoms with van der Waals surface area (Å²) in [7, 11) is 0. The number of phenols is 1. The first-order chi connectivity index (χ1) is 22.1. The Morgan fingerprint density at radius 1 is 1.00 bits per heavy atom. The standard InChI is InChI=1S/C35H34ClN7OS2/c1-22-9-8-11-26(17-22)43-33(19-31(41-43)35(3,4)45-5)38-23(2)37-20-24-10-6-7-12-30(24)46-27-14-16-32-39-40-34(42(32)21-27)28-18-25(36)13-15-29(28)44/h6-19,21,37-38,44H,2,20H2,1,3-5H3. The second-order valence-corrected chi connectivity index (χ2v) is 14.3. The number of aryl methyl sites for hydroxylation is 1. The summed E-state index contributed by atoms with van der Waals surface area (Å²) in [5, 5.41) is 31.5. The number of hydrogen-bond donors (Lipinski definition) is 3. The Balaban J connectivity index is 1.20. The summed E-state index contributed by atoms with van der Waals surface area (Å²) in [6.07, 6.45) is 4.07. The van der Waals surface area contributed by atoms with E-state index in [-0.39, 0.29) is 10.5 Å². The van der Waals surface area contributed by atoms with Gasteiger partial charge >= 0.3 is 0 Å². The van der Waals surface area contributed by atoms with Crippen LogP contribution in [0.2, 0.25) is 5.02 Å². The molecule has 46 heavy (non-hydrogen) atoms. The maximum absolute atomic E-state index is 10.5. The van der Waals surface area contributed by atoms with Crippen molar-refractivity contribution in [2.75, 3.05) is 11.6 Å². The van der Waals surface area contributed by atoms with E-state index in [1.165, 1.54) is 0 Å². The van der Waals surface area contributed by atoms with Gasteiger partial charge in [0.15, 0.2) is 11.5 Å². The third kappa shape index (κ3) is 6.74. The minimum absolute atomic E-state index is 0.0909. The lowest BCUT2D eigenvalue weighted by Gasteiger charge is -2.18. The lowest BCUT2D eigenvalue weighted by molar-refractivity contribution is 0.477. The van der Waals surface area contributed by atoms with Gasteiger partial charge in [0.1, 0.15) is 11.6 Å². The number of aromatic hydroxyl groups is 1. The van der Waals surface area contributed by atoms with E-state index in [0.29, 0.717) is 34.4 Å². The number of nitrogens with zero attached hydrogens (tertiary/aromatic N) is 5. The zero-order valence-corrected chi connectivity index (χ0v) is 28.3. The number of aromatic nitrogens is 5. The van der Waals surface area contributed by atoms with E-state index in [4.69, 9.17) is 16.7 Å². The second-order valence-electron chi connectivity index (χ2n) is 11.3. The lowest BCUT2D eigenvalue weighted by Crippen LogP contribution is -2.20. The second kappa shape index (κ2) is 13.2. The van der Waals surface area contributed by atoms with Gasteiger partial charge in [0.2, 0.25) is 0 Å². The first-order valence-electron chi connectivity index (χ1n) is 14.6. The Morgan fingerprint density at radius 3 is 2.63 bits per heavy atom. The molecule has 3 heterocycles. The molecule has 234 valence electrons. The molecule has 0 atom stereocenters. The Kier molecular flexibility index (Phi) is 9.04. The molecule has 0 spiro atoms. The highest BCUT2D eigenvalue weighted by molar-refractivity contribution is 7.99. The number of pyridine rings is 1. The lowest BCUT2D eigenvalue weighted by atomic mass is 10.1. The van der Waals surface area contributed by atoms with Gasteiger partial charge in [-0.1, -0.05) is 60.3 Å². The Labute approximate surface area is 281 Å². The highest BCUT2D eigenvalue weighted by Gasteiger charge is 2.25. The molecule has 6 rings (SSSR count). The van der Waals surface area contributed by atoms with Gasteiger partial charge in [-0.25, -0.2) is 4.68 Å². The van der Waals surface area contributed by atoms with Gasteiger partial charge in [0, 0.05) is 33.6 Å². The van der Waals surface area contributed by atoms with Gasteiger partial charge < -0.3 is 15.7 Å². The summed E-state index contributed by atoms with van der Waals surface area (Å²) in [4.78, 5) is 2.08. The molecular formula is C35H34ClN7OS2. The van der Waals surface area contributed by atoms with Crippen molar-refractivity contribution in [3.05, 3.63) is 125 Å². The highest BCUT2D eigenvalue weighted by Crippen LogP contribution is 2.36. The SMILES string of the molecule is C=C(NCc1ccccc1Sc1ccc2nnc(-c3cc(Cl)ccc3O)n2c1)Nc1cc(C(C)(C)SC)nn1-c1cccc(C)c1. The number of phenolic OH excluding ortho intramolecular Hbond substituents is 1. The maximum Gasteiger partial charge on any atom is 0.172 e. The third-order valence-electron chi connectivity index (χ3n) is 7.63. The van der Waals surface area contributed by atoms with Crippen molar-refractivity contribution < 1.29 is 5.11 Å². The van der Waals surface area contributed by atoms with Gasteiger partial charge in [0.05, 0.1) is 27.5 Å². The van der Waals surface area contributed by atoms with E-state index in [1.54, 1.807) is 41.7 Å². The molecule has 6 aromatic rings. The predicted molar refractivity (Wildman–Crippen MR) is 190 cm³/mol. The van der Waals surface area contributed by atoms with E-state index in [0.717, 1.165) is 38.1 Å². The van der Waals surface area contributed by atoms with E-state index in [9.17, 15) is 5.11 Å². The van der Waals surface area contributed by atoms with Gasteiger partial charge in [-0.05, 0) is 86.7 Å². The van der Waals surface area contributed by atoms with Gasteiger partial charge in [0.25, 0.3) is 0 Å². The van der Waals surface area contributed by atoms with Crippen LogP contribution in [0.5, 0.6) is 5.75 Å². The van der Waals surface area contributed by atoms with E-state index >= 15 is 0 Å². The van der Waals surface area contributed by atoms with Crippen LogP contribution in [-0.4, -0.2) is 35.7 Å². The predicted octanol–water partition coefficient (Wildman–Crippen LogP) is 8.67. The molecule has 0 aliphatic heterocycles. The molecular weight excluding hydrogens is 634 g/mol. The molecule has 0 unspecified atom stereocenters. The zero-order valence-electron chi connectivity index (χ0n) is 26.0. The van der Waals surface area contributed by atoms with Crippen molar-refractivity contribution in [1.82, 2.24) is 29.7 Å². The molecule has 0 radical (unpaired) electrons. The van der Waals surface area contributed by atoms with Crippen LogP contribution >= 0.6 is 35.1 Å². The topological polar surface area (TPSA) is 92.3 Å². The average molecular weight is 668 g/mol. The number of halogens is 1. The zero-order chi connectivity index (χ0) is 32.4. The average Bonchev–Trinajstić information content (AvgIpc) is 3.66. The first-order valence-corrected chi connectivity index (χ1v) is 17.0. The van der Waals surface area contributed by atoms with Crippen molar-refractivity contribution in [2.45, 2.75) is 41.9 Å². The summed E-state index contributed by atoms with van der Waals surface area (Å²) in [5.74, 6) is 2.11. The molecule has 0 fully saturated rings. The van der Waals surface area contributed by atoms with Crippen LogP contribution in [-0.2, 0) is 11.3 Å². The number of anilines is 1. The summed E-state index contributed by atoms with van der Waals surface area (Å²) >= 11 is 9.61. The van der Waals surface area contributed by atoms with Crippen LogP contribution in [0.3, 0.4) is 0 Å². The van der Waals surface area contributed by atoms with Crippen molar-refractivity contribution in [3.63, 3.8) is 0 Å². The summed E-state index contributed by atoms with van der Waals surface area (Å²) in [6.45, 7) is 11.3. The van der Waals surface area contributed by atoms with Gasteiger partial charge in [-0.2, -0.15) is 16.9 Å². The number of rotatable bonds is 11.